The van der Waals surface area contributed by atoms with Crippen LogP contribution in [0.25, 0.3) is 10.8 Å². The van der Waals surface area contributed by atoms with Gasteiger partial charge in [-0.1, -0.05) is 42.5 Å². The topological polar surface area (TPSA) is 105 Å². The molecule has 0 spiro atoms. The van der Waals surface area contributed by atoms with Crippen LogP contribution >= 0.6 is 0 Å². The maximum absolute atomic E-state index is 13.3. The number of imidazole rings is 1. The number of nitrogens with one attached hydrogen (secondary N) is 1. The van der Waals surface area contributed by atoms with Crippen LogP contribution in [-0.2, 0) is 22.4 Å². The van der Waals surface area contributed by atoms with Crippen molar-refractivity contribution in [2.24, 2.45) is 5.92 Å². The fourth-order valence-electron chi connectivity index (χ4n) is 4.60. The molecule has 2 heterocycles. The van der Waals surface area contributed by atoms with Crippen LogP contribution in [0.1, 0.15) is 37.4 Å². The molecular weight excluding hydrogens is 432 g/mol. The molecule has 4 rings (SSSR count). The molecule has 8 nitrogen and oxygen atoms in total. The van der Waals surface area contributed by atoms with Crippen molar-refractivity contribution in [3.63, 3.8) is 0 Å². The van der Waals surface area contributed by atoms with Gasteiger partial charge in [-0.05, 0) is 42.5 Å². The first-order valence-electron chi connectivity index (χ1n) is 11.7. The predicted octanol–water partition coefficient (Wildman–Crippen LogP) is 3.48. The van der Waals surface area contributed by atoms with Gasteiger partial charge in [-0.3, -0.25) is 9.59 Å². The first-order chi connectivity index (χ1) is 16.4. The van der Waals surface area contributed by atoms with Crippen LogP contribution in [0.15, 0.2) is 55.0 Å². The summed E-state index contributed by atoms with van der Waals surface area (Å²) in [7, 11) is 0. The maximum Gasteiger partial charge on any atom is 0.416 e. The Morgan fingerprint density at radius 2 is 1.79 bits per heavy atom. The lowest BCUT2D eigenvalue weighted by Crippen LogP contribution is -2.41. The molecule has 1 aromatic heterocycles. The van der Waals surface area contributed by atoms with E-state index < -0.39 is 12.0 Å². The van der Waals surface area contributed by atoms with E-state index >= 15 is 0 Å². The van der Waals surface area contributed by atoms with Crippen LogP contribution in [0.3, 0.4) is 0 Å². The van der Waals surface area contributed by atoms with Gasteiger partial charge in [-0.25, -0.2) is 14.3 Å². The largest absolute Gasteiger partial charge is 0.464 e. The van der Waals surface area contributed by atoms with Gasteiger partial charge in [0.25, 0.3) is 0 Å². The molecule has 0 aliphatic carbocycles. The molecule has 3 aromatic rings. The number of rotatable bonds is 8. The molecule has 2 amide bonds. The minimum atomic E-state index is -1.11. The van der Waals surface area contributed by atoms with Crippen molar-refractivity contribution in [3.8, 4) is 0 Å². The summed E-state index contributed by atoms with van der Waals surface area (Å²) in [4.78, 5) is 43.3. The first-order valence-corrected chi connectivity index (χ1v) is 11.7. The Morgan fingerprint density at radius 3 is 2.53 bits per heavy atom. The molecule has 1 unspecified atom stereocenters. The van der Waals surface area contributed by atoms with Crippen molar-refractivity contribution >= 4 is 28.7 Å². The Kier molecular flexibility index (Phi) is 7.25. The molecular formula is C26H30N4O4. The van der Waals surface area contributed by atoms with E-state index in [1.54, 1.807) is 0 Å². The molecule has 2 atom stereocenters. The second-order valence-corrected chi connectivity index (χ2v) is 9.00. The standard InChI is InChI=1S/C26H30N4O4/c1-18(13-22-16-30(17-27-22)26(33)34)28-25(32)21(15-24(31)29-11-4-5-12-29)14-20-9-6-8-19-7-2-3-10-23(19)20/h2-3,6-10,16-18,21H,4-5,11-15H2,1H3,(H,28,32)(H,33,34)/t18-,21?/m1/s1. The number of carboxylic acid groups (broad SMARTS) is 1. The quantitative estimate of drug-likeness (QED) is 0.533. The second-order valence-electron chi connectivity index (χ2n) is 9.00. The number of carbonyl (C=O) groups excluding carboxylic acids is 2. The Bertz CT molecular complexity index is 1180. The van der Waals surface area contributed by atoms with Gasteiger partial charge in [0, 0.05) is 38.2 Å². The smallest absolute Gasteiger partial charge is 0.416 e. The lowest BCUT2D eigenvalue weighted by Gasteiger charge is -2.23. The molecule has 1 aliphatic heterocycles. The van der Waals surface area contributed by atoms with Gasteiger partial charge in [-0.15, -0.1) is 0 Å². The highest BCUT2D eigenvalue weighted by atomic mass is 16.4. The molecule has 1 saturated heterocycles. The summed E-state index contributed by atoms with van der Waals surface area (Å²) in [5.74, 6) is -0.658. The molecule has 1 aliphatic rings. The molecule has 34 heavy (non-hydrogen) atoms. The van der Waals surface area contributed by atoms with E-state index in [1.165, 1.54) is 12.5 Å². The van der Waals surface area contributed by atoms with Crippen LogP contribution in [0.4, 0.5) is 4.79 Å². The SMILES string of the molecule is C[C@H](Cc1cn(C(=O)O)cn1)NC(=O)C(CC(=O)N1CCCC1)Cc1cccc2ccccc12. The average Bonchev–Trinajstić information content (AvgIpc) is 3.51. The summed E-state index contributed by atoms with van der Waals surface area (Å²) >= 11 is 0. The highest BCUT2D eigenvalue weighted by Gasteiger charge is 2.28. The van der Waals surface area contributed by atoms with Gasteiger partial charge in [0.15, 0.2) is 0 Å². The van der Waals surface area contributed by atoms with E-state index in [4.69, 9.17) is 5.11 Å². The summed E-state index contributed by atoms with van der Waals surface area (Å²) in [6.45, 7) is 3.36. The molecule has 178 valence electrons. The monoisotopic (exact) mass is 462 g/mol. The Hall–Kier alpha value is -3.68. The van der Waals surface area contributed by atoms with Crippen molar-refractivity contribution < 1.29 is 19.5 Å². The van der Waals surface area contributed by atoms with E-state index in [1.807, 2.05) is 54.3 Å². The molecule has 2 N–H and O–H groups in total. The third-order valence-corrected chi connectivity index (χ3v) is 6.36. The fourth-order valence-corrected chi connectivity index (χ4v) is 4.60. The van der Waals surface area contributed by atoms with Gasteiger partial charge in [0.1, 0.15) is 6.33 Å². The lowest BCUT2D eigenvalue weighted by molar-refractivity contribution is -0.135. The van der Waals surface area contributed by atoms with E-state index in [9.17, 15) is 14.4 Å². The normalized spacial score (nSPS) is 15.3. The number of carbonyl (C=O) groups is 3. The first kappa shape index (κ1) is 23.5. The van der Waals surface area contributed by atoms with Gasteiger partial charge < -0.3 is 15.3 Å². The van der Waals surface area contributed by atoms with Crippen LogP contribution in [0.5, 0.6) is 0 Å². The molecule has 2 aromatic carbocycles. The molecule has 8 heteroatoms. The Morgan fingerprint density at radius 1 is 1.06 bits per heavy atom. The Balaban J connectivity index is 1.49. The zero-order valence-electron chi connectivity index (χ0n) is 19.3. The molecule has 0 radical (unpaired) electrons. The van der Waals surface area contributed by atoms with Crippen molar-refractivity contribution in [1.29, 1.82) is 0 Å². The van der Waals surface area contributed by atoms with Gasteiger partial charge in [-0.2, -0.15) is 0 Å². The molecule has 0 bridgehead atoms. The van der Waals surface area contributed by atoms with E-state index in [2.05, 4.69) is 10.3 Å². The van der Waals surface area contributed by atoms with Gasteiger partial charge >= 0.3 is 6.09 Å². The van der Waals surface area contributed by atoms with E-state index in [-0.39, 0.29) is 24.3 Å². The van der Waals surface area contributed by atoms with E-state index in [0.29, 0.717) is 18.5 Å². The fraction of sp³-hybridized carbons (Fsp3) is 0.385. The number of hydrogen-bond donors (Lipinski definition) is 2. The minimum absolute atomic E-state index is 0.0192. The number of nitrogens with zero attached hydrogens (tertiary/aromatic N) is 3. The number of amides is 2. The van der Waals surface area contributed by atoms with Crippen molar-refractivity contribution in [1.82, 2.24) is 19.8 Å². The lowest BCUT2D eigenvalue weighted by atomic mass is 9.91. The van der Waals surface area contributed by atoms with Gasteiger partial charge in [0.2, 0.25) is 11.8 Å². The zero-order valence-corrected chi connectivity index (χ0v) is 19.3. The third kappa shape index (κ3) is 5.62. The minimum Gasteiger partial charge on any atom is -0.464 e. The van der Waals surface area contributed by atoms with Crippen molar-refractivity contribution in [2.45, 2.75) is 45.1 Å². The second kappa shape index (κ2) is 10.5. The maximum atomic E-state index is 13.3. The van der Waals surface area contributed by atoms with Crippen LogP contribution < -0.4 is 5.32 Å². The third-order valence-electron chi connectivity index (χ3n) is 6.36. The predicted molar refractivity (Wildman–Crippen MR) is 129 cm³/mol. The zero-order chi connectivity index (χ0) is 24.1. The van der Waals surface area contributed by atoms with Crippen molar-refractivity contribution in [2.75, 3.05) is 13.1 Å². The number of benzene rings is 2. The summed E-state index contributed by atoms with van der Waals surface area (Å²) in [6, 6.07) is 13.8. The average molecular weight is 463 g/mol. The summed E-state index contributed by atoms with van der Waals surface area (Å²) in [5.41, 5.74) is 1.62. The highest BCUT2D eigenvalue weighted by Crippen LogP contribution is 2.24. The number of aromatic nitrogens is 2. The summed E-state index contributed by atoms with van der Waals surface area (Å²) in [5, 5.41) is 14.3. The van der Waals surface area contributed by atoms with Crippen LogP contribution in [0, 0.1) is 5.92 Å². The summed E-state index contributed by atoms with van der Waals surface area (Å²) < 4.78 is 0.988. The molecule has 0 saturated carbocycles. The van der Waals surface area contributed by atoms with Crippen LogP contribution in [-0.4, -0.2) is 56.6 Å². The van der Waals surface area contributed by atoms with Crippen molar-refractivity contribution in [3.05, 3.63) is 66.2 Å². The Labute approximate surface area is 198 Å². The number of fused-ring (bicyclic) bond motifs is 1. The highest BCUT2D eigenvalue weighted by molar-refractivity contribution is 5.89. The van der Waals surface area contributed by atoms with Crippen LogP contribution in [0.2, 0.25) is 0 Å². The van der Waals surface area contributed by atoms with E-state index in [0.717, 1.165) is 46.8 Å². The summed E-state index contributed by atoms with van der Waals surface area (Å²) in [6.07, 6.45) is 4.61. The number of hydrogen-bond acceptors (Lipinski definition) is 4. The number of likely N-dealkylation sites (tertiary alicyclic amines) is 1. The molecule has 1 fully saturated rings. The van der Waals surface area contributed by atoms with Gasteiger partial charge in [0.05, 0.1) is 11.6 Å².